The summed E-state index contributed by atoms with van der Waals surface area (Å²) in [5.74, 6) is 0.730. The summed E-state index contributed by atoms with van der Waals surface area (Å²) in [7, 11) is 0. The lowest BCUT2D eigenvalue weighted by Gasteiger charge is -2.18. The predicted octanol–water partition coefficient (Wildman–Crippen LogP) is 7.01. The molecule has 0 aliphatic carbocycles. The Morgan fingerprint density at radius 3 is 2.00 bits per heavy atom. The van der Waals surface area contributed by atoms with Gasteiger partial charge >= 0.3 is 0 Å². The Morgan fingerprint density at radius 1 is 0.655 bits per heavy atom. The van der Waals surface area contributed by atoms with Crippen LogP contribution in [0.4, 0.5) is 0 Å². The highest BCUT2D eigenvalue weighted by Crippen LogP contribution is 2.36. The maximum atomic E-state index is 6.15. The first-order valence-electron chi connectivity index (χ1n) is 9.86. The van der Waals surface area contributed by atoms with Crippen molar-refractivity contribution in [2.75, 3.05) is 0 Å². The molecule has 3 aromatic carbocycles. The zero-order valence-electron chi connectivity index (χ0n) is 16.8. The van der Waals surface area contributed by atoms with E-state index in [0.717, 1.165) is 39.2 Å². The van der Waals surface area contributed by atoms with E-state index >= 15 is 0 Å². The molecule has 0 bridgehead atoms. The van der Waals surface area contributed by atoms with E-state index in [1.165, 1.54) is 11.1 Å². The van der Waals surface area contributed by atoms with Crippen LogP contribution in [0, 0.1) is 0 Å². The minimum absolute atomic E-state index is 0.159. The average molecular weight is 378 g/mol. The van der Waals surface area contributed by atoms with Gasteiger partial charge in [-0.3, -0.25) is 0 Å². The molecule has 3 nitrogen and oxygen atoms in total. The van der Waals surface area contributed by atoms with E-state index in [4.69, 9.17) is 14.4 Å². The maximum Gasteiger partial charge on any atom is 0.175 e. The van der Waals surface area contributed by atoms with E-state index in [0.29, 0.717) is 0 Å². The van der Waals surface area contributed by atoms with Crippen molar-refractivity contribution in [1.82, 2.24) is 9.97 Å². The van der Waals surface area contributed by atoms with Crippen LogP contribution >= 0.6 is 0 Å². The Bertz CT molecular complexity index is 1310. The SMILES string of the molecule is CC(C)(C)c1nc(-c2ccc(-c3ccccc3)cc2)nc2c1oc1ccccc12. The zero-order valence-corrected chi connectivity index (χ0v) is 16.8. The van der Waals surface area contributed by atoms with Crippen molar-refractivity contribution in [3.63, 3.8) is 0 Å². The van der Waals surface area contributed by atoms with Crippen molar-refractivity contribution in [2.45, 2.75) is 26.2 Å². The number of rotatable bonds is 2. The molecule has 0 saturated carbocycles. The van der Waals surface area contributed by atoms with Crippen LogP contribution < -0.4 is 0 Å². The second kappa shape index (κ2) is 6.56. The second-order valence-corrected chi connectivity index (χ2v) is 8.37. The van der Waals surface area contributed by atoms with Gasteiger partial charge in [0.15, 0.2) is 11.4 Å². The van der Waals surface area contributed by atoms with Crippen LogP contribution in [0.2, 0.25) is 0 Å². The van der Waals surface area contributed by atoms with Crippen LogP contribution in [0.5, 0.6) is 0 Å². The standard InChI is InChI=1S/C26H22N2O/c1-26(2,3)24-23-22(20-11-7-8-12-21(20)29-23)27-25(28-24)19-15-13-18(14-16-19)17-9-5-4-6-10-17/h4-16H,1-3H3. The Balaban J connectivity index is 1.70. The molecule has 0 atom stereocenters. The van der Waals surface area contributed by atoms with E-state index in [-0.39, 0.29) is 5.41 Å². The second-order valence-electron chi connectivity index (χ2n) is 8.37. The number of hydrogen-bond acceptors (Lipinski definition) is 3. The van der Waals surface area contributed by atoms with Crippen molar-refractivity contribution in [1.29, 1.82) is 0 Å². The summed E-state index contributed by atoms with van der Waals surface area (Å²) in [6.45, 7) is 6.47. The highest BCUT2D eigenvalue weighted by atomic mass is 16.3. The normalized spacial score (nSPS) is 12.0. The molecule has 2 heterocycles. The van der Waals surface area contributed by atoms with Crippen LogP contribution in [0.1, 0.15) is 26.5 Å². The molecule has 5 aromatic rings. The lowest BCUT2D eigenvalue weighted by atomic mass is 9.91. The number of hydrogen-bond donors (Lipinski definition) is 0. The summed E-state index contributed by atoms with van der Waals surface area (Å²) in [5.41, 5.74) is 6.66. The fourth-order valence-corrected chi connectivity index (χ4v) is 3.67. The largest absolute Gasteiger partial charge is 0.452 e. The molecule has 0 radical (unpaired) electrons. The third-order valence-corrected chi connectivity index (χ3v) is 5.18. The molecule has 5 rings (SSSR count). The highest BCUT2D eigenvalue weighted by molar-refractivity contribution is 6.03. The van der Waals surface area contributed by atoms with E-state index in [9.17, 15) is 0 Å². The summed E-state index contributed by atoms with van der Waals surface area (Å²) < 4.78 is 6.15. The molecule has 0 aliphatic rings. The first kappa shape index (κ1) is 17.6. The van der Waals surface area contributed by atoms with Gasteiger partial charge in [0.05, 0.1) is 5.69 Å². The molecular formula is C26H22N2O. The third-order valence-electron chi connectivity index (χ3n) is 5.18. The first-order chi connectivity index (χ1) is 14.0. The Kier molecular flexibility index (Phi) is 3.99. The van der Waals surface area contributed by atoms with Gasteiger partial charge in [-0.05, 0) is 23.3 Å². The van der Waals surface area contributed by atoms with Crippen LogP contribution in [0.15, 0.2) is 83.3 Å². The molecule has 0 spiro atoms. The van der Waals surface area contributed by atoms with E-state index in [2.05, 4.69) is 75.4 Å². The van der Waals surface area contributed by atoms with Crippen molar-refractivity contribution in [2.24, 2.45) is 0 Å². The summed E-state index contributed by atoms with van der Waals surface area (Å²) in [6, 6.07) is 26.9. The van der Waals surface area contributed by atoms with Gasteiger partial charge in [-0.25, -0.2) is 9.97 Å². The van der Waals surface area contributed by atoms with Crippen molar-refractivity contribution >= 4 is 22.1 Å². The Hall–Kier alpha value is -3.46. The molecule has 3 heteroatoms. The summed E-state index contributed by atoms with van der Waals surface area (Å²) >= 11 is 0. The number of furan rings is 1. The number of aromatic nitrogens is 2. The van der Waals surface area contributed by atoms with Gasteiger partial charge in [-0.15, -0.1) is 0 Å². The fourth-order valence-electron chi connectivity index (χ4n) is 3.67. The van der Waals surface area contributed by atoms with Crippen molar-refractivity contribution < 1.29 is 4.42 Å². The van der Waals surface area contributed by atoms with Gasteiger partial charge in [0.25, 0.3) is 0 Å². The molecule has 0 saturated heterocycles. The monoisotopic (exact) mass is 378 g/mol. The van der Waals surface area contributed by atoms with Crippen molar-refractivity contribution in [3.05, 3.63) is 84.6 Å². The summed E-state index contributed by atoms with van der Waals surface area (Å²) in [5, 5.41) is 1.03. The number of benzene rings is 3. The zero-order chi connectivity index (χ0) is 20.0. The first-order valence-corrected chi connectivity index (χ1v) is 9.86. The van der Waals surface area contributed by atoms with Gasteiger partial charge in [0.2, 0.25) is 0 Å². The highest BCUT2D eigenvalue weighted by Gasteiger charge is 2.25. The molecule has 0 aliphatic heterocycles. The molecule has 2 aromatic heterocycles. The number of para-hydroxylation sites is 1. The topological polar surface area (TPSA) is 38.9 Å². The molecule has 0 unspecified atom stereocenters. The van der Waals surface area contributed by atoms with Gasteiger partial charge in [-0.1, -0.05) is 87.5 Å². The van der Waals surface area contributed by atoms with Gasteiger partial charge in [-0.2, -0.15) is 0 Å². The third kappa shape index (κ3) is 3.09. The van der Waals surface area contributed by atoms with Crippen LogP contribution in [0.3, 0.4) is 0 Å². The van der Waals surface area contributed by atoms with E-state index in [1.807, 2.05) is 24.3 Å². The van der Waals surface area contributed by atoms with Crippen LogP contribution in [-0.2, 0) is 5.41 Å². The Labute approximate surface area is 170 Å². The molecule has 0 N–H and O–H groups in total. The summed E-state index contributed by atoms with van der Waals surface area (Å²) in [6.07, 6.45) is 0. The summed E-state index contributed by atoms with van der Waals surface area (Å²) in [4.78, 5) is 9.84. The molecular weight excluding hydrogens is 356 g/mol. The Morgan fingerprint density at radius 2 is 1.28 bits per heavy atom. The lowest BCUT2D eigenvalue weighted by Crippen LogP contribution is -2.15. The number of fused-ring (bicyclic) bond motifs is 3. The van der Waals surface area contributed by atoms with Crippen LogP contribution in [-0.4, -0.2) is 9.97 Å². The minimum Gasteiger partial charge on any atom is -0.452 e. The van der Waals surface area contributed by atoms with Crippen LogP contribution in [0.25, 0.3) is 44.6 Å². The minimum atomic E-state index is -0.159. The molecule has 29 heavy (non-hydrogen) atoms. The smallest absolute Gasteiger partial charge is 0.175 e. The molecule has 142 valence electrons. The van der Waals surface area contributed by atoms with Gasteiger partial charge in [0, 0.05) is 16.4 Å². The van der Waals surface area contributed by atoms with Gasteiger partial charge < -0.3 is 4.42 Å². The average Bonchev–Trinajstić information content (AvgIpc) is 3.12. The predicted molar refractivity (Wildman–Crippen MR) is 119 cm³/mol. The number of nitrogens with zero attached hydrogens (tertiary/aromatic N) is 2. The molecule has 0 amide bonds. The maximum absolute atomic E-state index is 6.15. The van der Waals surface area contributed by atoms with Gasteiger partial charge in [0.1, 0.15) is 11.1 Å². The fraction of sp³-hybridized carbons (Fsp3) is 0.154. The van der Waals surface area contributed by atoms with Crippen molar-refractivity contribution in [3.8, 4) is 22.5 Å². The quantitative estimate of drug-likeness (QED) is 0.332. The molecule has 0 fully saturated rings. The lowest BCUT2D eigenvalue weighted by molar-refractivity contribution is 0.552. The van der Waals surface area contributed by atoms with E-state index in [1.54, 1.807) is 0 Å². The van der Waals surface area contributed by atoms with E-state index < -0.39 is 0 Å².